The van der Waals surface area contributed by atoms with Gasteiger partial charge in [0.1, 0.15) is 5.82 Å². The van der Waals surface area contributed by atoms with Crippen LogP contribution in [0.3, 0.4) is 0 Å². The predicted octanol–water partition coefficient (Wildman–Crippen LogP) is 2.00. The summed E-state index contributed by atoms with van der Waals surface area (Å²) >= 11 is 0. The Morgan fingerprint density at radius 2 is 2.20 bits per heavy atom. The lowest BCUT2D eigenvalue weighted by Crippen LogP contribution is -2.36. The van der Waals surface area contributed by atoms with Crippen LogP contribution < -0.4 is 5.73 Å². The Balaban J connectivity index is 1.88. The number of halogens is 1. The molecule has 4 nitrogen and oxygen atoms in total. The number of nitrogens with zero attached hydrogens (tertiary/aromatic N) is 2. The number of nitrogen functional groups attached to an aromatic ring is 1. The van der Waals surface area contributed by atoms with Gasteiger partial charge in [0.15, 0.2) is 0 Å². The molecular weight excluding hydrogens is 257 g/mol. The summed E-state index contributed by atoms with van der Waals surface area (Å²) < 4.78 is 13.3. The number of rotatable bonds is 1. The summed E-state index contributed by atoms with van der Waals surface area (Å²) in [6, 6.07) is 7.67. The topological polar surface area (TPSA) is 59.2 Å². The highest BCUT2D eigenvalue weighted by Gasteiger charge is 2.23. The molecule has 1 aromatic carbocycles. The molecule has 2 aromatic rings. The molecule has 1 aromatic heterocycles. The Labute approximate surface area is 116 Å². The SMILES string of the molecule is Nc1ccc(F)cc1C(=O)N1CCc2ncccc2C1. The van der Waals surface area contributed by atoms with Crippen LogP contribution in [0.2, 0.25) is 0 Å². The van der Waals surface area contributed by atoms with Gasteiger partial charge in [-0.15, -0.1) is 0 Å². The third-order valence-corrected chi connectivity index (χ3v) is 3.50. The van der Waals surface area contributed by atoms with Crippen LogP contribution in [0.1, 0.15) is 21.6 Å². The van der Waals surface area contributed by atoms with Gasteiger partial charge in [0.05, 0.1) is 5.56 Å². The first kappa shape index (κ1) is 12.6. The van der Waals surface area contributed by atoms with Gasteiger partial charge in [0.2, 0.25) is 0 Å². The van der Waals surface area contributed by atoms with Crippen molar-refractivity contribution in [1.82, 2.24) is 9.88 Å². The zero-order chi connectivity index (χ0) is 14.1. The lowest BCUT2D eigenvalue weighted by Gasteiger charge is -2.28. The van der Waals surface area contributed by atoms with E-state index in [-0.39, 0.29) is 11.5 Å². The fourth-order valence-corrected chi connectivity index (χ4v) is 2.42. The van der Waals surface area contributed by atoms with Gasteiger partial charge in [-0.05, 0) is 29.8 Å². The van der Waals surface area contributed by atoms with Crippen molar-refractivity contribution in [3.63, 3.8) is 0 Å². The zero-order valence-electron chi connectivity index (χ0n) is 10.8. The number of benzene rings is 1. The van der Waals surface area contributed by atoms with Crippen molar-refractivity contribution in [3.05, 3.63) is 59.2 Å². The Morgan fingerprint density at radius 1 is 1.35 bits per heavy atom. The highest BCUT2D eigenvalue weighted by molar-refractivity contribution is 5.99. The second-order valence-electron chi connectivity index (χ2n) is 4.82. The van der Waals surface area contributed by atoms with Gasteiger partial charge >= 0.3 is 0 Å². The first-order chi connectivity index (χ1) is 9.65. The molecule has 0 unspecified atom stereocenters. The summed E-state index contributed by atoms with van der Waals surface area (Å²) in [4.78, 5) is 18.4. The Hall–Kier alpha value is -2.43. The van der Waals surface area contributed by atoms with Gasteiger partial charge in [0, 0.05) is 37.1 Å². The van der Waals surface area contributed by atoms with Crippen molar-refractivity contribution in [1.29, 1.82) is 0 Å². The summed E-state index contributed by atoms with van der Waals surface area (Å²) in [7, 11) is 0. The monoisotopic (exact) mass is 271 g/mol. The first-order valence-electron chi connectivity index (χ1n) is 6.42. The van der Waals surface area contributed by atoms with Crippen LogP contribution in [0, 0.1) is 5.82 Å². The second-order valence-corrected chi connectivity index (χ2v) is 4.82. The van der Waals surface area contributed by atoms with Crippen LogP contribution in [0.25, 0.3) is 0 Å². The van der Waals surface area contributed by atoms with E-state index in [1.807, 2.05) is 12.1 Å². The normalized spacial score (nSPS) is 13.9. The maximum absolute atomic E-state index is 13.3. The summed E-state index contributed by atoms with van der Waals surface area (Å²) in [5.41, 5.74) is 8.33. The minimum Gasteiger partial charge on any atom is -0.398 e. The molecule has 0 saturated carbocycles. The first-order valence-corrected chi connectivity index (χ1v) is 6.42. The summed E-state index contributed by atoms with van der Waals surface area (Å²) in [5, 5.41) is 0. The average Bonchev–Trinajstić information content (AvgIpc) is 2.48. The number of fused-ring (bicyclic) bond motifs is 1. The summed E-state index contributed by atoms with van der Waals surface area (Å²) in [6.07, 6.45) is 2.46. The van der Waals surface area contributed by atoms with E-state index in [0.29, 0.717) is 25.2 Å². The third kappa shape index (κ3) is 2.22. The molecule has 0 aliphatic carbocycles. The van der Waals surface area contributed by atoms with Crippen molar-refractivity contribution < 1.29 is 9.18 Å². The molecule has 0 fully saturated rings. The molecule has 0 radical (unpaired) electrons. The molecule has 5 heteroatoms. The van der Waals surface area contributed by atoms with E-state index in [1.54, 1.807) is 11.1 Å². The highest BCUT2D eigenvalue weighted by Crippen LogP contribution is 2.21. The van der Waals surface area contributed by atoms with Gasteiger partial charge < -0.3 is 10.6 Å². The maximum Gasteiger partial charge on any atom is 0.256 e. The number of pyridine rings is 1. The number of carbonyl (C=O) groups excluding carboxylic acids is 1. The summed E-state index contributed by atoms with van der Waals surface area (Å²) in [5.74, 6) is -0.696. The van der Waals surface area contributed by atoms with E-state index in [2.05, 4.69) is 4.98 Å². The van der Waals surface area contributed by atoms with Crippen LogP contribution in [0.15, 0.2) is 36.5 Å². The van der Waals surface area contributed by atoms with Crippen molar-refractivity contribution >= 4 is 11.6 Å². The van der Waals surface area contributed by atoms with E-state index >= 15 is 0 Å². The molecule has 2 N–H and O–H groups in total. The molecule has 0 atom stereocenters. The molecule has 3 rings (SSSR count). The minimum absolute atomic E-state index is 0.220. The fraction of sp³-hybridized carbons (Fsp3) is 0.200. The maximum atomic E-state index is 13.3. The predicted molar refractivity (Wildman–Crippen MR) is 73.5 cm³/mol. The molecular formula is C15H14FN3O. The van der Waals surface area contributed by atoms with Crippen molar-refractivity contribution in [2.24, 2.45) is 0 Å². The van der Waals surface area contributed by atoms with Crippen molar-refractivity contribution in [2.45, 2.75) is 13.0 Å². The molecule has 0 saturated heterocycles. The van der Waals surface area contributed by atoms with Gasteiger partial charge in [-0.1, -0.05) is 6.07 Å². The van der Waals surface area contributed by atoms with E-state index < -0.39 is 5.82 Å². The number of aromatic nitrogens is 1. The number of carbonyl (C=O) groups is 1. The lowest BCUT2D eigenvalue weighted by atomic mass is 10.0. The summed E-state index contributed by atoms with van der Waals surface area (Å²) in [6.45, 7) is 1.05. The lowest BCUT2D eigenvalue weighted by molar-refractivity contribution is 0.0734. The molecule has 102 valence electrons. The van der Waals surface area contributed by atoms with Crippen LogP contribution in [-0.4, -0.2) is 22.3 Å². The minimum atomic E-state index is -0.457. The van der Waals surface area contributed by atoms with Gasteiger partial charge in [-0.2, -0.15) is 0 Å². The molecule has 1 aliphatic rings. The van der Waals surface area contributed by atoms with Crippen LogP contribution in [0.5, 0.6) is 0 Å². The molecule has 0 bridgehead atoms. The van der Waals surface area contributed by atoms with Gasteiger partial charge in [0.25, 0.3) is 5.91 Å². The number of hydrogen-bond donors (Lipinski definition) is 1. The average molecular weight is 271 g/mol. The van der Waals surface area contributed by atoms with E-state index in [0.717, 1.165) is 11.3 Å². The zero-order valence-corrected chi connectivity index (χ0v) is 10.8. The van der Waals surface area contributed by atoms with E-state index in [4.69, 9.17) is 5.73 Å². The highest BCUT2D eigenvalue weighted by atomic mass is 19.1. The fourth-order valence-electron chi connectivity index (χ4n) is 2.42. The largest absolute Gasteiger partial charge is 0.398 e. The molecule has 1 amide bonds. The van der Waals surface area contributed by atoms with Crippen LogP contribution in [0.4, 0.5) is 10.1 Å². The standard InChI is InChI=1S/C15H14FN3O/c16-11-3-4-13(17)12(8-11)15(20)19-7-5-14-10(9-19)2-1-6-18-14/h1-4,6,8H,5,7,9,17H2. The molecule has 20 heavy (non-hydrogen) atoms. The van der Waals surface area contributed by atoms with Gasteiger partial charge in [-0.3, -0.25) is 9.78 Å². The van der Waals surface area contributed by atoms with Crippen molar-refractivity contribution in [3.8, 4) is 0 Å². The molecule has 0 spiro atoms. The Morgan fingerprint density at radius 3 is 3.05 bits per heavy atom. The number of hydrogen-bond acceptors (Lipinski definition) is 3. The Kier molecular flexibility index (Phi) is 3.10. The number of nitrogens with two attached hydrogens (primary N) is 1. The molecule has 1 aliphatic heterocycles. The van der Waals surface area contributed by atoms with Gasteiger partial charge in [-0.25, -0.2) is 4.39 Å². The number of amides is 1. The Bertz CT molecular complexity index is 672. The quantitative estimate of drug-likeness (QED) is 0.807. The third-order valence-electron chi connectivity index (χ3n) is 3.50. The van der Waals surface area contributed by atoms with E-state index in [9.17, 15) is 9.18 Å². The molecule has 2 heterocycles. The van der Waals surface area contributed by atoms with Crippen molar-refractivity contribution in [2.75, 3.05) is 12.3 Å². The smallest absolute Gasteiger partial charge is 0.256 e. The van der Waals surface area contributed by atoms with Crippen LogP contribution >= 0.6 is 0 Å². The van der Waals surface area contributed by atoms with E-state index in [1.165, 1.54) is 18.2 Å². The second kappa shape index (κ2) is 4.92. The number of anilines is 1. The van der Waals surface area contributed by atoms with Crippen LogP contribution in [-0.2, 0) is 13.0 Å².